The van der Waals surface area contributed by atoms with E-state index in [1.165, 1.54) is 6.20 Å². The first-order chi connectivity index (χ1) is 10.3. The highest BCUT2D eigenvalue weighted by Crippen LogP contribution is 2.18. The molecule has 0 saturated carbocycles. The summed E-state index contributed by atoms with van der Waals surface area (Å²) < 4.78 is 1.69. The van der Waals surface area contributed by atoms with Crippen LogP contribution >= 0.6 is 11.3 Å². The predicted octanol–water partition coefficient (Wildman–Crippen LogP) is 1.85. The zero-order valence-corrected chi connectivity index (χ0v) is 11.9. The first-order valence-electron chi connectivity index (χ1n) is 6.40. The highest BCUT2D eigenvalue weighted by Gasteiger charge is 2.08. The van der Waals surface area contributed by atoms with Crippen LogP contribution in [0.1, 0.15) is 10.4 Å². The van der Waals surface area contributed by atoms with Gasteiger partial charge in [-0.1, -0.05) is 24.0 Å². The van der Waals surface area contributed by atoms with Gasteiger partial charge in [0, 0.05) is 10.4 Å². The summed E-state index contributed by atoms with van der Waals surface area (Å²) in [6, 6.07) is 9.45. The fourth-order valence-electron chi connectivity index (χ4n) is 2.13. The van der Waals surface area contributed by atoms with E-state index in [4.69, 9.17) is 5.11 Å². The van der Waals surface area contributed by atoms with Crippen molar-refractivity contribution in [1.29, 1.82) is 0 Å². The van der Waals surface area contributed by atoms with Crippen molar-refractivity contribution in [3.63, 3.8) is 0 Å². The standard InChI is InChI=1S/C16H12N2O2S/c19-8-3-4-12-7-9-21-15(12)11-18-14-6-2-1-5-13(14)17-10-16(18)20/h1-2,5-7,9-10,19H,8,11H2. The lowest BCUT2D eigenvalue weighted by Gasteiger charge is -2.08. The van der Waals surface area contributed by atoms with Crippen molar-refractivity contribution in [3.8, 4) is 11.8 Å². The number of para-hydroxylation sites is 2. The molecular formula is C16H12N2O2S. The Balaban J connectivity index is 2.09. The van der Waals surface area contributed by atoms with Crippen LogP contribution in [0, 0.1) is 11.8 Å². The van der Waals surface area contributed by atoms with Crippen molar-refractivity contribution in [2.75, 3.05) is 6.61 Å². The fourth-order valence-corrected chi connectivity index (χ4v) is 2.95. The van der Waals surface area contributed by atoms with Crippen molar-refractivity contribution in [2.45, 2.75) is 6.54 Å². The van der Waals surface area contributed by atoms with Crippen LogP contribution in [0.5, 0.6) is 0 Å². The van der Waals surface area contributed by atoms with Crippen molar-refractivity contribution in [1.82, 2.24) is 9.55 Å². The number of thiophene rings is 1. The van der Waals surface area contributed by atoms with E-state index in [1.807, 2.05) is 35.7 Å². The third kappa shape index (κ3) is 2.72. The van der Waals surface area contributed by atoms with E-state index in [0.717, 1.165) is 21.5 Å². The molecule has 0 fully saturated rings. The maximum atomic E-state index is 12.1. The van der Waals surface area contributed by atoms with Gasteiger partial charge < -0.3 is 9.67 Å². The van der Waals surface area contributed by atoms with Crippen LogP contribution < -0.4 is 5.56 Å². The second kappa shape index (κ2) is 5.92. The molecule has 0 unspecified atom stereocenters. The molecule has 2 heterocycles. The number of rotatable bonds is 2. The molecule has 0 saturated heterocycles. The second-order valence-electron chi connectivity index (χ2n) is 4.39. The third-order valence-electron chi connectivity index (χ3n) is 3.10. The van der Waals surface area contributed by atoms with Gasteiger partial charge in [0.05, 0.1) is 23.8 Å². The minimum Gasteiger partial charge on any atom is -0.384 e. The Bertz CT molecular complexity index is 900. The number of fused-ring (bicyclic) bond motifs is 1. The molecule has 5 heteroatoms. The molecule has 2 aromatic heterocycles. The lowest BCUT2D eigenvalue weighted by molar-refractivity contribution is 0.350. The highest BCUT2D eigenvalue weighted by molar-refractivity contribution is 7.10. The summed E-state index contributed by atoms with van der Waals surface area (Å²) in [6.45, 7) is 0.280. The number of benzene rings is 1. The summed E-state index contributed by atoms with van der Waals surface area (Å²) in [4.78, 5) is 17.3. The largest absolute Gasteiger partial charge is 0.384 e. The Morgan fingerprint density at radius 1 is 1.29 bits per heavy atom. The van der Waals surface area contributed by atoms with E-state index >= 15 is 0 Å². The predicted molar refractivity (Wildman–Crippen MR) is 83.4 cm³/mol. The van der Waals surface area contributed by atoms with Crippen LogP contribution in [0.4, 0.5) is 0 Å². The Kier molecular flexibility index (Phi) is 3.82. The first-order valence-corrected chi connectivity index (χ1v) is 7.28. The number of aliphatic hydroxyl groups excluding tert-OH is 1. The van der Waals surface area contributed by atoms with E-state index in [-0.39, 0.29) is 12.2 Å². The second-order valence-corrected chi connectivity index (χ2v) is 5.39. The van der Waals surface area contributed by atoms with Gasteiger partial charge in [0.1, 0.15) is 6.61 Å². The lowest BCUT2D eigenvalue weighted by atomic mass is 10.2. The molecule has 0 spiro atoms. The molecule has 1 aromatic carbocycles. The van der Waals surface area contributed by atoms with Crippen LogP contribution in [-0.4, -0.2) is 21.3 Å². The average molecular weight is 296 g/mol. The van der Waals surface area contributed by atoms with E-state index < -0.39 is 0 Å². The summed E-state index contributed by atoms with van der Waals surface area (Å²) in [7, 11) is 0. The van der Waals surface area contributed by atoms with Crippen LogP contribution in [0.25, 0.3) is 11.0 Å². The normalized spacial score (nSPS) is 10.3. The maximum absolute atomic E-state index is 12.1. The van der Waals surface area contributed by atoms with Gasteiger partial charge in [-0.25, -0.2) is 4.98 Å². The Labute approximate surface area is 125 Å². The minimum absolute atomic E-state index is 0.136. The average Bonchev–Trinajstić information content (AvgIpc) is 2.95. The summed E-state index contributed by atoms with van der Waals surface area (Å²) in [6.07, 6.45) is 1.34. The number of aromatic nitrogens is 2. The van der Waals surface area contributed by atoms with Crippen molar-refractivity contribution in [3.05, 3.63) is 62.7 Å². The van der Waals surface area contributed by atoms with Gasteiger partial charge in [0.2, 0.25) is 0 Å². The van der Waals surface area contributed by atoms with Crippen LogP contribution in [0.3, 0.4) is 0 Å². The van der Waals surface area contributed by atoms with Crippen molar-refractivity contribution >= 4 is 22.4 Å². The quantitative estimate of drug-likeness (QED) is 0.734. The molecule has 0 aliphatic heterocycles. The van der Waals surface area contributed by atoms with E-state index in [1.54, 1.807) is 15.9 Å². The molecule has 3 rings (SSSR count). The summed E-state index contributed by atoms with van der Waals surface area (Å²) in [5.41, 5.74) is 2.31. The monoisotopic (exact) mass is 296 g/mol. The zero-order valence-electron chi connectivity index (χ0n) is 11.1. The van der Waals surface area contributed by atoms with Gasteiger partial charge in [0.25, 0.3) is 5.56 Å². The van der Waals surface area contributed by atoms with Gasteiger partial charge in [-0.2, -0.15) is 0 Å². The molecule has 21 heavy (non-hydrogen) atoms. The smallest absolute Gasteiger partial charge is 0.269 e. The van der Waals surface area contributed by atoms with Crippen LogP contribution in [0.15, 0.2) is 46.7 Å². The summed E-state index contributed by atoms with van der Waals surface area (Å²) in [5.74, 6) is 5.55. The number of nitrogens with zero attached hydrogens (tertiary/aromatic N) is 2. The third-order valence-corrected chi connectivity index (χ3v) is 4.01. The van der Waals surface area contributed by atoms with Gasteiger partial charge >= 0.3 is 0 Å². The van der Waals surface area contributed by atoms with E-state index in [2.05, 4.69) is 16.8 Å². The molecule has 1 N–H and O–H groups in total. The topological polar surface area (TPSA) is 55.1 Å². The van der Waals surface area contributed by atoms with Crippen molar-refractivity contribution < 1.29 is 5.11 Å². The van der Waals surface area contributed by atoms with Crippen molar-refractivity contribution in [2.24, 2.45) is 0 Å². The molecular weight excluding hydrogens is 284 g/mol. The van der Waals surface area contributed by atoms with Gasteiger partial charge in [0.15, 0.2) is 0 Å². The summed E-state index contributed by atoms with van der Waals surface area (Å²) in [5, 5.41) is 10.7. The summed E-state index contributed by atoms with van der Waals surface area (Å²) >= 11 is 1.55. The zero-order chi connectivity index (χ0) is 14.7. The van der Waals surface area contributed by atoms with E-state index in [0.29, 0.717) is 6.54 Å². The van der Waals surface area contributed by atoms with Crippen LogP contribution in [-0.2, 0) is 6.54 Å². The SMILES string of the molecule is O=c1cnc2ccccc2n1Cc1sccc1C#CCO. The fraction of sp³-hybridized carbons (Fsp3) is 0.125. The van der Waals surface area contributed by atoms with Gasteiger partial charge in [-0.05, 0) is 23.6 Å². The highest BCUT2D eigenvalue weighted by atomic mass is 32.1. The molecule has 4 nitrogen and oxygen atoms in total. The van der Waals surface area contributed by atoms with E-state index in [9.17, 15) is 4.79 Å². The number of hydrogen-bond donors (Lipinski definition) is 1. The molecule has 0 aliphatic rings. The number of hydrogen-bond acceptors (Lipinski definition) is 4. The lowest BCUT2D eigenvalue weighted by Crippen LogP contribution is -2.20. The first kappa shape index (κ1) is 13.6. The molecule has 104 valence electrons. The van der Waals surface area contributed by atoms with Gasteiger partial charge in [-0.3, -0.25) is 4.79 Å². The molecule has 0 bridgehead atoms. The molecule has 3 aromatic rings. The van der Waals surface area contributed by atoms with Crippen LogP contribution in [0.2, 0.25) is 0 Å². The Morgan fingerprint density at radius 2 is 2.14 bits per heavy atom. The Hall–Kier alpha value is -2.42. The minimum atomic E-state index is -0.173. The molecule has 0 radical (unpaired) electrons. The maximum Gasteiger partial charge on any atom is 0.269 e. The molecule has 0 amide bonds. The molecule has 0 atom stereocenters. The molecule has 0 aliphatic carbocycles. The number of aliphatic hydroxyl groups is 1. The van der Waals surface area contributed by atoms with Gasteiger partial charge in [-0.15, -0.1) is 11.3 Å². The Morgan fingerprint density at radius 3 is 3.00 bits per heavy atom.